The van der Waals surface area contributed by atoms with Crippen molar-refractivity contribution in [2.75, 3.05) is 20.7 Å². The van der Waals surface area contributed by atoms with Gasteiger partial charge in [-0.1, -0.05) is 31.5 Å². The lowest BCUT2D eigenvalue weighted by Crippen LogP contribution is -2.15. The Bertz CT molecular complexity index is 352. The van der Waals surface area contributed by atoms with Crippen molar-refractivity contribution in [2.45, 2.75) is 26.2 Å². The van der Waals surface area contributed by atoms with Crippen molar-refractivity contribution >= 4 is 11.6 Å². The first-order valence-corrected chi connectivity index (χ1v) is 6.46. The summed E-state index contributed by atoms with van der Waals surface area (Å²) in [4.78, 5) is 0. The largest absolute Gasteiger partial charge is 0.495 e. The highest BCUT2D eigenvalue weighted by Gasteiger charge is 2.16. The molecule has 0 aromatic heterocycles. The van der Waals surface area contributed by atoms with Gasteiger partial charge >= 0.3 is 0 Å². The Morgan fingerprint density at radius 3 is 2.53 bits per heavy atom. The summed E-state index contributed by atoms with van der Waals surface area (Å²) in [5.74, 6) is 1.88. The van der Waals surface area contributed by atoms with Crippen molar-refractivity contribution in [3.63, 3.8) is 0 Å². The molecular formula is C14H22ClNO. The van der Waals surface area contributed by atoms with Crippen molar-refractivity contribution < 1.29 is 4.74 Å². The van der Waals surface area contributed by atoms with Crippen LogP contribution in [0, 0.1) is 5.92 Å². The molecule has 0 saturated carbocycles. The van der Waals surface area contributed by atoms with Crippen LogP contribution in [-0.4, -0.2) is 20.7 Å². The molecule has 96 valence electrons. The molecule has 0 aliphatic rings. The van der Waals surface area contributed by atoms with Gasteiger partial charge in [0.15, 0.2) is 0 Å². The van der Waals surface area contributed by atoms with Crippen LogP contribution in [0.2, 0.25) is 5.02 Å². The van der Waals surface area contributed by atoms with Crippen LogP contribution in [0.25, 0.3) is 0 Å². The molecule has 0 spiro atoms. The first-order chi connectivity index (χ1) is 8.10. The van der Waals surface area contributed by atoms with Gasteiger partial charge in [-0.3, -0.25) is 0 Å². The monoisotopic (exact) mass is 255 g/mol. The lowest BCUT2D eigenvalue weighted by molar-refractivity contribution is 0.413. The molecular weight excluding hydrogens is 234 g/mol. The highest BCUT2D eigenvalue weighted by Crippen LogP contribution is 2.33. The van der Waals surface area contributed by atoms with Crippen LogP contribution in [0.4, 0.5) is 0 Å². The molecule has 0 amide bonds. The van der Waals surface area contributed by atoms with Crippen molar-refractivity contribution in [1.82, 2.24) is 5.32 Å². The van der Waals surface area contributed by atoms with Gasteiger partial charge in [0.2, 0.25) is 0 Å². The van der Waals surface area contributed by atoms with Crippen molar-refractivity contribution in [1.29, 1.82) is 0 Å². The SMILES string of the molecule is CNCCC(c1ccc(OC)c(Cl)c1)C(C)C. The second-order valence-corrected chi connectivity index (χ2v) is 5.04. The molecule has 1 aromatic carbocycles. The van der Waals surface area contributed by atoms with Gasteiger partial charge < -0.3 is 10.1 Å². The van der Waals surface area contributed by atoms with Gasteiger partial charge in [0.25, 0.3) is 0 Å². The number of benzene rings is 1. The molecule has 0 radical (unpaired) electrons. The molecule has 1 atom stereocenters. The third kappa shape index (κ3) is 3.90. The van der Waals surface area contributed by atoms with E-state index in [1.807, 2.05) is 19.2 Å². The molecule has 0 bridgehead atoms. The Kier molecular flexibility index (Phi) is 5.79. The van der Waals surface area contributed by atoms with E-state index in [-0.39, 0.29) is 0 Å². The van der Waals surface area contributed by atoms with E-state index in [1.54, 1.807) is 7.11 Å². The topological polar surface area (TPSA) is 21.3 Å². The summed E-state index contributed by atoms with van der Waals surface area (Å²) in [6.45, 7) is 5.52. The molecule has 2 nitrogen and oxygen atoms in total. The number of rotatable bonds is 6. The number of methoxy groups -OCH3 is 1. The lowest BCUT2D eigenvalue weighted by atomic mass is 9.86. The van der Waals surface area contributed by atoms with E-state index in [2.05, 4.69) is 25.2 Å². The Morgan fingerprint density at radius 1 is 1.35 bits per heavy atom. The number of nitrogens with one attached hydrogen (secondary N) is 1. The predicted octanol–water partition coefficient (Wildman–Crippen LogP) is 3.70. The Hall–Kier alpha value is -0.730. The van der Waals surface area contributed by atoms with Gasteiger partial charge in [0.05, 0.1) is 12.1 Å². The summed E-state index contributed by atoms with van der Waals surface area (Å²) in [6.07, 6.45) is 1.12. The van der Waals surface area contributed by atoms with Crippen LogP contribution >= 0.6 is 11.6 Å². The minimum absolute atomic E-state index is 0.533. The molecule has 17 heavy (non-hydrogen) atoms. The van der Waals surface area contributed by atoms with Gasteiger partial charge in [-0.25, -0.2) is 0 Å². The molecule has 0 heterocycles. The number of ether oxygens (including phenoxy) is 1. The zero-order valence-corrected chi connectivity index (χ0v) is 11.8. The first kappa shape index (κ1) is 14.3. The molecule has 0 saturated heterocycles. The Labute approximate surface area is 109 Å². The maximum absolute atomic E-state index is 6.17. The predicted molar refractivity (Wildman–Crippen MR) is 74.1 cm³/mol. The Balaban J connectivity index is 2.90. The first-order valence-electron chi connectivity index (χ1n) is 6.08. The number of hydrogen-bond acceptors (Lipinski definition) is 2. The van der Waals surface area contributed by atoms with Gasteiger partial charge in [0.1, 0.15) is 5.75 Å². The van der Waals surface area contributed by atoms with Gasteiger partial charge in [-0.15, -0.1) is 0 Å². The zero-order chi connectivity index (χ0) is 12.8. The molecule has 1 N–H and O–H groups in total. The average molecular weight is 256 g/mol. The maximum Gasteiger partial charge on any atom is 0.137 e. The van der Waals surface area contributed by atoms with Crippen molar-refractivity contribution in [3.05, 3.63) is 28.8 Å². The van der Waals surface area contributed by atoms with Crippen molar-refractivity contribution in [2.24, 2.45) is 5.92 Å². The second-order valence-electron chi connectivity index (χ2n) is 4.64. The lowest BCUT2D eigenvalue weighted by Gasteiger charge is -2.22. The Morgan fingerprint density at radius 2 is 2.06 bits per heavy atom. The summed E-state index contributed by atoms with van der Waals surface area (Å²) < 4.78 is 5.18. The fourth-order valence-corrected chi connectivity index (χ4v) is 2.36. The molecule has 1 unspecified atom stereocenters. The summed E-state index contributed by atoms with van der Waals surface area (Å²) in [7, 11) is 3.63. The summed E-state index contributed by atoms with van der Waals surface area (Å²) in [6, 6.07) is 6.10. The third-order valence-electron chi connectivity index (χ3n) is 3.11. The fourth-order valence-electron chi connectivity index (χ4n) is 2.10. The molecule has 1 rings (SSSR count). The summed E-state index contributed by atoms with van der Waals surface area (Å²) >= 11 is 6.17. The smallest absolute Gasteiger partial charge is 0.137 e. The van der Waals surface area contributed by atoms with Crippen LogP contribution in [0.15, 0.2) is 18.2 Å². The van der Waals surface area contributed by atoms with E-state index in [0.29, 0.717) is 16.9 Å². The van der Waals surface area contributed by atoms with E-state index < -0.39 is 0 Å². The zero-order valence-electron chi connectivity index (χ0n) is 11.1. The minimum Gasteiger partial charge on any atom is -0.495 e. The third-order valence-corrected chi connectivity index (χ3v) is 3.41. The second kappa shape index (κ2) is 6.87. The van der Waals surface area contributed by atoms with Crippen LogP contribution < -0.4 is 10.1 Å². The molecule has 0 aliphatic carbocycles. The maximum atomic E-state index is 6.17. The van der Waals surface area contributed by atoms with E-state index >= 15 is 0 Å². The normalized spacial score (nSPS) is 12.8. The quantitative estimate of drug-likeness (QED) is 0.837. The van der Waals surface area contributed by atoms with Gasteiger partial charge in [-0.05, 0) is 49.5 Å². The fraction of sp³-hybridized carbons (Fsp3) is 0.571. The minimum atomic E-state index is 0.533. The van der Waals surface area contributed by atoms with E-state index in [1.165, 1.54) is 5.56 Å². The van der Waals surface area contributed by atoms with E-state index in [4.69, 9.17) is 16.3 Å². The average Bonchev–Trinajstić information content (AvgIpc) is 2.29. The molecule has 3 heteroatoms. The van der Waals surface area contributed by atoms with Crippen LogP contribution in [-0.2, 0) is 0 Å². The van der Waals surface area contributed by atoms with E-state index in [0.717, 1.165) is 18.7 Å². The van der Waals surface area contributed by atoms with Crippen LogP contribution in [0.5, 0.6) is 5.75 Å². The number of hydrogen-bond donors (Lipinski definition) is 1. The molecule has 0 fully saturated rings. The van der Waals surface area contributed by atoms with Gasteiger partial charge in [0, 0.05) is 0 Å². The number of halogens is 1. The molecule has 0 aliphatic heterocycles. The summed E-state index contributed by atoms with van der Waals surface area (Å²) in [5, 5.41) is 3.90. The highest BCUT2D eigenvalue weighted by atomic mass is 35.5. The standard InChI is InChI=1S/C14H22ClNO/c1-10(2)12(7-8-16-3)11-5-6-14(17-4)13(15)9-11/h5-6,9-10,12,16H,7-8H2,1-4H3. The van der Waals surface area contributed by atoms with Crippen molar-refractivity contribution in [3.8, 4) is 5.75 Å². The van der Waals surface area contributed by atoms with Crippen LogP contribution in [0.3, 0.4) is 0 Å². The highest BCUT2D eigenvalue weighted by molar-refractivity contribution is 6.32. The van der Waals surface area contributed by atoms with Crippen LogP contribution in [0.1, 0.15) is 31.7 Å². The molecule has 1 aromatic rings. The van der Waals surface area contributed by atoms with E-state index in [9.17, 15) is 0 Å². The summed E-state index contributed by atoms with van der Waals surface area (Å²) in [5.41, 5.74) is 1.29. The van der Waals surface area contributed by atoms with Gasteiger partial charge in [-0.2, -0.15) is 0 Å².